The Kier molecular flexibility index (Phi) is 12.8. The Hall–Kier alpha value is -8.03. The smallest absolute Gasteiger partial charge is 0.123 e. The monoisotopic (exact) mass is 1090 g/mol. The summed E-state index contributed by atoms with van der Waals surface area (Å²) < 4.78 is 0. The molecule has 6 aliphatic rings. The van der Waals surface area contributed by atoms with E-state index in [9.17, 15) is 0 Å². The summed E-state index contributed by atoms with van der Waals surface area (Å²) in [5.41, 5.74) is 19.1. The molecule has 0 saturated carbocycles. The zero-order chi connectivity index (χ0) is 56.0. The van der Waals surface area contributed by atoms with E-state index in [4.69, 9.17) is 0 Å². The maximum absolute atomic E-state index is 4.51. The summed E-state index contributed by atoms with van der Waals surface area (Å²) in [5.74, 6) is 0. The summed E-state index contributed by atoms with van der Waals surface area (Å²) in [5, 5.41) is 9.84. The number of hydrogen-bond donors (Lipinski definition) is 0. The highest BCUT2D eigenvalue weighted by atomic mass is 28.3. The Morgan fingerprint density at radius 2 is 1.13 bits per heavy atom. The van der Waals surface area contributed by atoms with Crippen LogP contribution in [-0.2, 0) is 5.41 Å². The number of allylic oxidation sites excluding steroid dienone is 10. The first-order valence-electron chi connectivity index (χ1n) is 30.2. The van der Waals surface area contributed by atoms with E-state index < -0.39 is 16.1 Å². The lowest BCUT2D eigenvalue weighted by atomic mass is 9.80. The van der Waals surface area contributed by atoms with E-state index in [2.05, 4.69) is 288 Å². The normalized spacial score (nSPS) is 21.1. The lowest BCUT2D eigenvalue weighted by molar-refractivity contribution is 0.250. The topological polar surface area (TPSA) is 6.48 Å². The molecule has 2 unspecified atom stereocenters. The van der Waals surface area contributed by atoms with Gasteiger partial charge in [0.15, 0.2) is 0 Å². The second-order valence-electron chi connectivity index (χ2n) is 24.9. The lowest BCUT2D eigenvalue weighted by Crippen LogP contribution is -2.60. The second kappa shape index (κ2) is 20.1. The fourth-order valence-electron chi connectivity index (χ4n) is 16.7. The van der Waals surface area contributed by atoms with Gasteiger partial charge in [-0.2, -0.15) is 0 Å². The van der Waals surface area contributed by atoms with Gasteiger partial charge in [-0.25, -0.2) is 0 Å². The van der Waals surface area contributed by atoms with Gasteiger partial charge in [-0.05, 0) is 168 Å². The predicted molar refractivity (Wildman–Crippen MR) is 359 cm³/mol. The van der Waals surface area contributed by atoms with Crippen molar-refractivity contribution in [1.82, 2.24) is 4.90 Å². The summed E-state index contributed by atoms with van der Waals surface area (Å²) in [6.07, 6.45) is 30.9. The Labute approximate surface area is 489 Å². The summed E-state index contributed by atoms with van der Waals surface area (Å²) >= 11 is 0. The molecule has 2 saturated heterocycles. The number of rotatable bonds is 10. The van der Waals surface area contributed by atoms with Gasteiger partial charge in [-0.15, -0.1) is 0 Å². The van der Waals surface area contributed by atoms with E-state index in [1.54, 1.807) is 15.6 Å². The molecule has 2 nitrogen and oxygen atoms in total. The standard InChI is InChI=1S/C78H74N2Si2/c1-8-25-71-68(10-3)80(78(7)47-20-19-34-74(78)82(71)50-23-24-51-82)59(9-2)53-66-54(4)61-46-39-56(52-67(61)77(66,5)6)36-35-55-37-40-57(41-38-55)75-62-26-11-13-28-64(62)76(65-29-14-12-27-63(65)75)58-42-44-60(45-43-58)79-69-30-15-17-32-72(69)81(48-21-22-49-81)73-33-18-16-31-70(73)79/h8-20,25-47,52-53,74H,2-3,21-24,48-51H2,1,4-7H3. The van der Waals surface area contributed by atoms with Crippen molar-refractivity contribution in [2.24, 2.45) is 0 Å². The van der Waals surface area contributed by atoms with Crippen molar-refractivity contribution in [2.75, 3.05) is 4.90 Å². The minimum atomic E-state index is -1.88. The first-order valence-corrected chi connectivity index (χ1v) is 35.1. The summed E-state index contributed by atoms with van der Waals surface area (Å²) in [6, 6.07) is 67.8. The fourth-order valence-corrected chi connectivity index (χ4v) is 28.8. The average molecular weight is 1100 g/mol. The second-order valence-corrected chi connectivity index (χ2v) is 33.6. The van der Waals surface area contributed by atoms with Gasteiger partial charge in [-0.1, -0.05) is 253 Å². The molecule has 0 N–H and O–H groups in total. The lowest BCUT2D eigenvalue weighted by Gasteiger charge is -2.58. The van der Waals surface area contributed by atoms with Crippen LogP contribution in [0.15, 0.2) is 254 Å². The highest BCUT2D eigenvalue weighted by molar-refractivity contribution is 7.05. The maximum atomic E-state index is 4.51. The largest absolute Gasteiger partial charge is 0.332 e. The number of anilines is 3. The Bertz CT molecular complexity index is 4060. The van der Waals surface area contributed by atoms with Crippen molar-refractivity contribution < 1.29 is 0 Å². The molecule has 2 aliphatic carbocycles. The number of fused-ring (bicyclic) bond motifs is 9. The van der Waals surface area contributed by atoms with E-state index in [1.165, 1.54) is 150 Å². The maximum Gasteiger partial charge on any atom is 0.123 e. The van der Waals surface area contributed by atoms with Crippen LogP contribution in [0.25, 0.3) is 61.5 Å². The third-order valence-corrected chi connectivity index (χ3v) is 31.7. The number of benzene rings is 8. The quantitative estimate of drug-likeness (QED) is 0.0583. The third kappa shape index (κ3) is 7.85. The molecule has 4 aliphatic heterocycles. The van der Waals surface area contributed by atoms with Gasteiger partial charge in [0.2, 0.25) is 0 Å². The van der Waals surface area contributed by atoms with Gasteiger partial charge in [0.1, 0.15) is 8.07 Å². The molecule has 4 heterocycles. The van der Waals surface area contributed by atoms with Crippen LogP contribution in [0.2, 0.25) is 29.7 Å². The molecule has 404 valence electrons. The summed E-state index contributed by atoms with van der Waals surface area (Å²) in [4.78, 5) is 5.14. The Balaban J connectivity index is 0.759. The van der Waals surface area contributed by atoms with E-state index in [0.29, 0.717) is 5.54 Å². The van der Waals surface area contributed by atoms with E-state index in [-0.39, 0.29) is 11.0 Å². The van der Waals surface area contributed by atoms with Crippen LogP contribution < -0.4 is 15.3 Å². The average Bonchev–Trinajstić information content (AvgIpc) is 1.50. The summed E-state index contributed by atoms with van der Waals surface area (Å²) in [6.45, 7) is 20.8. The zero-order valence-corrected chi connectivity index (χ0v) is 50.5. The van der Waals surface area contributed by atoms with Gasteiger partial charge in [-0.3, -0.25) is 0 Å². The van der Waals surface area contributed by atoms with Crippen molar-refractivity contribution in [3.05, 3.63) is 276 Å². The predicted octanol–water partition coefficient (Wildman–Crippen LogP) is 20.1. The van der Waals surface area contributed by atoms with Crippen molar-refractivity contribution in [3.8, 4) is 22.3 Å². The molecule has 8 aromatic carbocycles. The summed E-state index contributed by atoms with van der Waals surface area (Å²) in [7, 11) is -3.68. The van der Waals surface area contributed by atoms with Crippen molar-refractivity contribution in [1.29, 1.82) is 0 Å². The highest BCUT2D eigenvalue weighted by Crippen LogP contribution is 2.59. The fraction of sp³-hybridized carbons (Fsp3) is 0.205. The van der Waals surface area contributed by atoms with Gasteiger partial charge < -0.3 is 9.80 Å². The minimum absolute atomic E-state index is 0.212. The molecular formula is C78H74N2Si2. The molecule has 0 radical (unpaired) electrons. The molecule has 2 fully saturated rings. The molecule has 0 aromatic heterocycles. The van der Waals surface area contributed by atoms with Gasteiger partial charge in [0.25, 0.3) is 0 Å². The van der Waals surface area contributed by atoms with Crippen molar-refractivity contribution in [3.63, 3.8) is 0 Å². The van der Waals surface area contributed by atoms with Gasteiger partial charge in [0, 0.05) is 39.4 Å². The highest BCUT2D eigenvalue weighted by Gasteiger charge is 2.58. The van der Waals surface area contributed by atoms with E-state index >= 15 is 0 Å². The molecule has 8 aromatic rings. The Morgan fingerprint density at radius 1 is 0.598 bits per heavy atom. The van der Waals surface area contributed by atoms with Crippen LogP contribution in [0.1, 0.15) is 82.6 Å². The zero-order valence-electron chi connectivity index (χ0n) is 48.5. The Morgan fingerprint density at radius 3 is 1.71 bits per heavy atom. The third-order valence-electron chi connectivity index (χ3n) is 20.4. The first-order chi connectivity index (χ1) is 40.0. The first kappa shape index (κ1) is 52.1. The molecular weight excluding hydrogens is 1020 g/mol. The van der Waals surface area contributed by atoms with Crippen LogP contribution in [0.5, 0.6) is 0 Å². The molecule has 2 spiro atoms. The molecule has 2 atom stereocenters. The number of nitrogens with zero attached hydrogens (tertiary/aromatic N) is 2. The van der Waals surface area contributed by atoms with Crippen LogP contribution in [0, 0.1) is 0 Å². The van der Waals surface area contributed by atoms with Crippen LogP contribution in [-0.4, -0.2) is 26.6 Å². The number of para-hydroxylation sites is 2. The molecule has 14 rings (SSSR count). The molecule has 4 heteroatoms. The van der Waals surface area contributed by atoms with Crippen LogP contribution in [0.4, 0.5) is 17.1 Å². The van der Waals surface area contributed by atoms with Gasteiger partial charge in [0.05, 0.1) is 13.6 Å². The van der Waals surface area contributed by atoms with Crippen molar-refractivity contribution >= 4 is 82.9 Å². The molecule has 0 bridgehead atoms. The van der Waals surface area contributed by atoms with Crippen LogP contribution >= 0.6 is 0 Å². The number of hydrogen-bond acceptors (Lipinski definition) is 2. The van der Waals surface area contributed by atoms with Gasteiger partial charge >= 0.3 is 0 Å². The molecule has 82 heavy (non-hydrogen) atoms. The molecule has 0 amide bonds. The SMILES string of the molecule is C=CC(=CC1=C(C)c2ccc(C=Cc3ccc(-c4c5ccccc5c(-c5ccc(N6c7ccccc7[Si]7(CCCC7)c7ccccc76)cc5)c5ccccc45)cc3)cc2C1(C)C)N1C(C=C)=C(C=CC)[Si]2(CCCC2)C2C=CC=CC21C. The van der Waals surface area contributed by atoms with Crippen LogP contribution in [0.3, 0.4) is 0 Å². The van der Waals surface area contributed by atoms with E-state index in [1.807, 2.05) is 0 Å². The minimum Gasteiger partial charge on any atom is -0.332 e. The van der Waals surface area contributed by atoms with E-state index in [0.717, 1.165) is 5.70 Å². The van der Waals surface area contributed by atoms with Crippen molar-refractivity contribution in [2.45, 2.75) is 101 Å².